The summed E-state index contributed by atoms with van der Waals surface area (Å²) in [6.07, 6.45) is 0. The predicted octanol–water partition coefficient (Wildman–Crippen LogP) is 1.00. The van der Waals surface area contributed by atoms with Crippen molar-refractivity contribution in [2.24, 2.45) is 7.05 Å². The summed E-state index contributed by atoms with van der Waals surface area (Å²) in [5.74, 6) is 1.10. The molecule has 1 aromatic heterocycles. The van der Waals surface area contributed by atoms with E-state index in [9.17, 15) is 4.79 Å². The third kappa shape index (κ3) is 1.67. The Balaban J connectivity index is 2.02. The number of aryl methyl sites for hydroxylation is 1. The summed E-state index contributed by atoms with van der Waals surface area (Å²) < 4.78 is 6.97. The average Bonchev–Trinajstić information content (AvgIpc) is 2.69. The van der Waals surface area contributed by atoms with E-state index in [1.165, 1.54) is 0 Å². The van der Waals surface area contributed by atoms with Gasteiger partial charge in [0.25, 0.3) is 5.91 Å². The van der Waals surface area contributed by atoms with E-state index in [0.29, 0.717) is 17.3 Å². The van der Waals surface area contributed by atoms with E-state index in [2.05, 4.69) is 10.4 Å². The Morgan fingerprint density at radius 3 is 3.00 bits per heavy atom. The number of amides is 1. The second kappa shape index (κ2) is 3.76. The normalized spacial score (nSPS) is 13.7. The number of nitrogens with zero attached hydrogens (tertiary/aromatic N) is 2. The van der Waals surface area contributed by atoms with Crippen molar-refractivity contribution in [2.75, 3.05) is 17.7 Å². The molecular formula is C12H12N4O2. The lowest BCUT2D eigenvalue weighted by molar-refractivity contribution is -0.118. The topological polar surface area (TPSA) is 82.2 Å². The van der Waals surface area contributed by atoms with Crippen LogP contribution in [0.1, 0.15) is 0 Å². The maximum atomic E-state index is 11.2. The molecular weight excluding hydrogens is 232 g/mol. The Bertz CT molecular complexity index is 614. The molecule has 0 aliphatic carbocycles. The molecule has 0 unspecified atom stereocenters. The fraction of sp³-hybridized carbons (Fsp3) is 0.167. The van der Waals surface area contributed by atoms with Crippen LogP contribution in [0.3, 0.4) is 0 Å². The van der Waals surface area contributed by atoms with Gasteiger partial charge in [-0.2, -0.15) is 5.10 Å². The van der Waals surface area contributed by atoms with Gasteiger partial charge in [-0.3, -0.25) is 9.48 Å². The van der Waals surface area contributed by atoms with Crippen molar-refractivity contribution in [1.29, 1.82) is 0 Å². The number of fused-ring (bicyclic) bond motifs is 1. The van der Waals surface area contributed by atoms with Crippen molar-refractivity contribution in [2.45, 2.75) is 0 Å². The number of nitrogen functional groups attached to an aromatic ring is 1. The molecule has 0 radical (unpaired) electrons. The minimum absolute atomic E-state index is 0.0425. The summed E-state index contributed by atoms with van der Waals surface area (Å²) in [5.41, 5.74) is 8.10. The highest BCUT2D eigenvalue weighted by Gasteiger charge is 2.17. The number of carbonyl (C=O) groups is 1. The Hall–Kier alpha value is -2.50. The molecule has 0 spiro atoms. The molecule has 0 atom stereocenters. The maximum Gasteiger partial charge on any atom is 0.262 e. The van der Waals surface area contributed by atoms with E-state index >= 15 is 0 Å². The third-order valence-corrected chi connectivity index (χ3v) is 2.83. The molecule has 18 heavy (non-hydrogen) atoms. The number of hydrogen-bond acceptors (Lipinski definition) is 4. The van der Waals surface area contributed by atoms with Crippen LogP contribution in [-0.2, 0) is 11.8 Å². The molecule has 3 rings (SSSR count). The predicted molar refractivity (Wildman–Crippen MR) is 67.2 cm³/mol. The number of benzene rings is 1. The van der Waals surface area contributed by atoms with Crippen LogP contribution in [-0.4, -0.2) is 22.3 Å². The summed E-state index contributed by atoms with van der Waals surface area (Å²) in [4.78, 5) is 11.2. The molecule has 0 fully saturated rings. The highest BCUT2D eigenvalue weighted by molar-refractivity contribution is 5.95. The quantitative estimate of drug-likeness (QED) is 0.784. The van der Waals surface area contributed by atoms with Crippen molar-refractivity contribution in [1.82, 2.24) is 9.78 Å². The third-order valence-electron chi connectivity index (χ3n) is 2.83. The number of carbonyl (C=O) groups excluding carboxylic acids is 1. The molecule has 2 heterocycles. The van der Waals surface area contributed by atoms with Crippen LogP contribution >= 0.6 is 0 Å². The molecule has 6 heteroatoms. The summed E-state index contributed by atoms with van der Waals surface area (Å²) >= 11 is 0. The number of rotatable bonds is 1. The van der Waals surface area contributed by atoms with Crippen molar-refractivity contribution in [3.63, 3.8) is 0 Å². The van der Waals surface area contributed by atoms with Crippen molar-refractivity contribution in [3.8, 4) is 17.0 Å². The van der Waals surface area contributed by atoms with Crippen LogP contribution in [0, 0.1) is 0 Å². The number of anilines is 2. The van der Waals surface area contributed by atoms with Crippen LogP contribution in [0.5, 0.6) is 5.75 Å². The number of nitrogens with two attached hydrogens (primary N) is 1. The Labute approximate surface area is 103 Å². The first kappa shape index (κ1) is 10.6. The second-order valence-electron chi connectivity index (χ2n) is 4.13. The molecule has 6 nitrogen and oxygen atoms in total. The minimum Gasteiger partial charge on any atom is -0.482 e. The zero-order chi connectivity index (χ0) is 12.7. The molecule has 0 saturated heterocycles. The SMILES string of the molecule is Cn1nc(-c2ccc3c(c2)OCC(=O)N3)cc1N. The van der Waals surface area contributed by atoms with E-state index in [-0.39, 0.29) is 12.5 Å². The largest absolute Gasteiger partial charge is 0.482 e. The second-order valence-corrected chi connectivity index (χ2v) is 4.13. The first-order valence-corrected chi connectivity index (χ1v) is 5.50. The Morgan fingerprint density at radius 2 is 2.28 bits per heavy atom. The number of ether oxygens (including phenoxy) is 1. The smallest absolute Gasteiger partial charge is 0.262 e. The van der Waals surface area contributed by atoms with Crippen LogP contribution in [0.25, 0.3) is 11.3 Å². The molecule has 3 N–H and O–H groups in total. The summed E-state index contributed by atoms with van der Waals surface area (Å²) in [6, 6.07) is 7.31. The molecule has 1 aliphatic rings. The number of hydrogen-bond donors (Lipinski definition) is 2. The Kier molecular flexibility index (Phi) is 2.22. The molecule has 1 aliphatic heterocycles. The van der Waals surface area contributed by atoms with Crippen molar-refractivity contribution < 1.29 is 9.53 Å². The van der Waals surface area contributed by atoms with Gasteiger partial charge in [-0.1, -0.05) is 6.07 Å². The molecule has 2 aromatic rings. The first-order valence-electron chi connectivity index (χ1n) is 5.50. The highest BCUT2D eigenvalue weighted by Crippen LogP contribution is 2.32. The fourth-order valence-electron chi connectivity index (χ4n) is 1.86. The molecule has 0 bridgehead atoms. The van der Waals surface area contributed by atoms with Gasteiger partial charge in [0.15, 0.2) is 6.61 Å². The molecule has 1 amide bonds. The maximum absolute atomic E-state index is 11.2. The van der Waals surface area contributed by atoms with E-state index in [1.54, 1.807) is 23.9 Å². The summed E-state index contributed by atoms with van der Waals surface area (Å²) in [7, 11) is 1.79. The van der Waals surface area contributed by atoms with Crippen LogP contribution < -0.4 is 15.8 Å². The fourth-order valence-corrected chi connectivity index (χ4v) is 1.86. The monoisotopic (exact) mass is 244 g/mol. The van der Waals surface area contributed by atoms with Crippen LogP contribution in [0.15, 0.2) is 24.3 Å². The van der Waals surface area contributed by atoms with Gasteiger partial charge in [0.05, 0.1) is 11.4 Å². The highest BCUT2D eigenvalue weighted by atomic mass is 16.5. The van der Waals surface area contributed by atoms with E-state index in [0.717, 1.165) is 11.3 Å². The minimum atomic E-state index is -0.141. The van der Waals surface area contributed by atoms with Gasteiger partial charge in [0.2, 0.25) is 0 Å². The van der Waals surface area contributed by atoms with Gasteiger partial charge in [-0.05, 0) is 12.1 Å². The van der Waals surface area contributed by atoms with Gasteiger partial charge in [-0.15, -0.1) is 0 Å². The van der Waals surface area contributed by atoms with Gasteiger partial charge < -0.3 is 15.8 Å². The lowest BCUT2D eigenvalue weighted by atomic mass is 10.1. The summed E-state index contributed by atoms with van der Waals surface area (Å²) in [5, 5.41) is 7.03. The van der Waals surface area contributed by atoms with Gasteiger partial charge >= 0.3 is 0 Å². The van der Waals surface area contributed by atoms with E-state index < -0.39 is 0 Å². The van der Waals surface area contributed by atoms with Gasteiger partial charge in [0.1, 0.15) is 11.6 Å². The van der Waals surface area contributed by atoms with Crippen LogP contribution in [0.2, 0.25) is 0 Å². The Morgan fingerprint density at radius 1 is 1.44 bits per heavy atom. The standard InChI is InChI=1S/C12H12N4O2/c1-16-11(13)5-9(15-16)7-2-3-8-10(4-7)18-6-12(17)14-8/h2-5H,6,13H2,1H3,(H,14,17). The van der Waals surface area contributed by atoms with Gasteiger partial charge in [-0.25, -0.2) is 0 Å². The molecule has 0 saturated carbocycles. The average molecular weight is 244 g/mol. The van der Waals surface area contributed by atoms with Gasteiger partial charge in [0, 0.05) is 18.7 Å². The number of aromatic nitrogens is 2. The van der Waals surface area contributed by atoms with Crippen LogP contribution in [0.4, 0.5) is 11.5 Å². The first-order chi connectivity index (χ1) is 8.63. The number of nitrogens with one attached hydrogen (secondary N) is 1. The molecule has 1 aromatic carbocycles. The molecule has 92 valence electrons. The lowest BCUT2D eigenvalue weighted by Gasteiger charge is -2.18. The van der Waals surface area contributed by atoms with Crippen molar-refractivity contribution >= 4 is 17.4 Å². The van der Waals surface area contributed by atoms with Crippen molar-refractivity contribution in [3.05, 3.63) is 24.3 Å². The van der Waals surface area contributed by atoms with E-state index in [4.69, 9.17) is 10.5 Å². The summed E-state index contributed by atoms with van der Waals surface area (Å²) in [6.45, 7) is 0.0425. The zero-order valence-electron chi connectivity index (χ0n) is 9.80. The lowest BCUT2D eigenvalue weighted by Crippen LogP contribution is -2.25. The zero-order valence-corrected chi connectivity index (χ0v) is 9.80. The van der Waals surface area contributed by atoms with E-state index in [1.807, 2.05) is 12.1 Å².